The molecule has 4 nitrogen and oxygen atoms in total. The zero-order valence-electron chi connectivity index (χ0n) is 14.7. The third kappa shape index (κ3) is 12.9. The van der Waals surface area contributed by atoms with Crippen molar-refractivity contribution in [2.75, 3.05) is 0 Å². The first-order valence-electron chi connectivity index (χ1n) is 7.85. The Morgan fingerprint density at radius 1 is 0.615 bits per heavy atom. The number of nitrogens with one attached hydrogen (secondary N) is 2. The van der Waals surface area contributed by atoms with Crippen LogP contribution in [0.2, 0.25) is 0 Å². The fourth-order valence-electron chi connectivity index (χ4n) is 1.96. The topological polar surface area (TPSA) is 81.8 Å². The molecule has 0 unspecified atom stereocenters. The second-order valence-electron chi connectivity index (χ2n) is 5.01. The van der Waals surface area contributed by atoms with Crippen molar-refractivity contribution < 1.29 is 9.59 Å². The van der Waals surface area contributed by atoms with Gasteiger partial charge < -0.3 is 0 Å². The van der Waals surface area contributed by atoms with Crippen LogP contribution in [0.4, 0.5) is 0 Å². The highest BCUT2D eigenvalue weighted by Crippen LogP contribution is 2.07. The van der Waals surface area contributed by atoms with E-state index in [-0.39, 0.29) is 0 Å². The number of isocyanates is 2. The lowest BCUT2D eigenvalue weighted by molar-refractivity contribution is 0.562. The summed E-state index contributed by atoms with van der Waals surface area (Å²) in [5, 5.41) is 10.8. The predicted octanol–water partition coefficient (Wildman–Crippen LogP) is 5.07. The monoisotopic (exact) mass is 346 g/mol. The molecule has 0 saturated carbocycles. The molecule has 0 saturated heterocycles. The summed E-state index contributed by atoms with van der Waals surface area (Å²) in [6.45, 7) is 2.08. The number of rotatable bonds is 2. The second kappa shape index (κ2) is 16.3. The van der Waals surface area contributed by atoms with E-state index in [1.807, 2.05) is 18.2 Å². The van der Waals surface area contributed by atoms with Crippen LogP contribution in [-0.2, 0) is 16.0 Å². The lowest BCUT2D eigenvalue weighted by atomic mass is 10.1. The van der Waals surface area contributed by atoms with E-state index in [4.69, 9.17) is 20.4 Å². The van der Waals surface area contributed by atoms with Crippen LogP contribution in [-0.4, -0.2) is 12.2 Å². The fourth-order valence-corrected chi connectivity index (χ4v) is 1.96. The quantitative estimate of drug-likeness (QED) is 0.501. The van der Waals surface area contributed by atoms with Crippen LogP contribution in [0.15, 0.2) is 91.0 Å². The minimum atomic E-state index is 0.750. The number of carbonyl (C=O) groups excluding carboxylic acids is 2. The maximum atomic E-state index is 8.35. The van der Waals surface area contributed by atoms with Crippen molar-refractivity contribution in [2.24, 2.45) is 0 Å². The molecule has 132 valence electrons. The van der Waals surface area contributed by atoms with Crippen molar-refractivity contribution in [3.05, 3.63) is 108 Å². The van der Waals surface area contributed by atoms with E-state index in [1.165, 1.54) is 16.7 Å². The summed E-state index contributed by atoms with van der Waals surface area (Å²) in [7, 11) is 0. The Morgan fingerprint density at radius 3 is 1.12 bits per heavy atom. The minimum absolute atomic E-state index is 0.750. The van der Waals surface area contributed by atoms with Gasteiger partial charge in [-0.15, -0.1) is 0 Å². The van der Waals surface area contributed by atoms with Crippen LogP contribution in [0.1, 0.15) is 16.7 Å². The lowest BCUT2D eigenvalue weighted by Gasteiger charge is -2.00. The van der Waals surface area contributed by atoms with Crippen LogP contribution >= 0.6 is 0 Å². The molecule has 0 radical (unpaired) electrons. The van der Waals surface area contributed by atoms with Gasteiger partial charge in [0, 0.05) is 0 Å². The zero-order chi connectivity index (χ0) is 19.5. The van der Waals surface area contributed by atoms with Gasteiger partial charge in [-0.1, -0.05) is 96.6 Å². The van der Waals surface area contributed by atoms with Gasteiger partial charge in [0.2, 0.25) is 12.2 Å². The molecule has 0 aliphatic carbocycles. The molecule has 4 heteroatoms. The molecule has 0 aliphatic rings. The Balaban J connectivity index is 0.000000405. The van der Waals surface area contributed by atoms with Crippen molar-refractivity contribution in [3.63, 3.8) is 0 Å². The second-order valence-corrected chi connectivity index (χ2v) is 5.01. The summed E-state index contributed by atoms with van der Waals surface area (Å²) >= 11 is 0. The summed E-state index contributed by atoms with van der Waals surface area (Å²) < 4.78 is 0. The van der Waals surface area contributed by atoms with E-state index in [0.717, 1.165) is 18.6 Å². The van der Waals surface area contributed by atoms with Gasteiger partial charge in [-0.2, -0.15) is 0 Å². The summed E-state index contributed by atoms with van der Waals surface area (Å²) in [4.78, 5) is 16.7. The van der Waals surface area contributed by atoms with Gasteiger partial charge in [0.1, 0.15) is 0 Å². The van der Waals surface area contributed by atoms with Crippen LogP contribution in [0.5, 0.6) is 0 Å². The standard InChI is InChI=1S/C13H12.C7H8.2CHNO/c1-3-7-12(8-4-1)11-13-9-5-2-6-10-13;1-7-5-3-2-4-6-7;2*2-1-3/h1-10H,11H2;2-6H,1H3;2*2H. The van der Waals surface area contributed by atoms with E-state index < -0.39 is 0 Å². The predicted molar refractivity (Wildman–Crippen MR) is 104 cm³/mol. The highest BCUT2D eigenvalue weighted by atomic mass is 16.1. The molecular formula is C22H22N2O2. The fraction of sp³-hybridized carbons (Fsp3) is 0.0909. The molecule has 0 aromatic heterocycles. The van der Waals surface area contributed by atoms with E-state index in [0.29, 0.717) is 0 Å². The highest BCUT2D eigenvalue weighted by Gasteiger charge is 1.92. The first kappa shape index (κ1) is 22.4. The lowest BCUT2D eigenvalue weighted by Crippen LogP contribution is -1.85. The van der Waals surface area contributed by atoms with E-state index in [2.05, 4.69) is 79.7 Å². The molecule has 0 aliphatic heterocycles. The molecule has 0 amide bonds. The normalized spacial score (nSPS) is 7.88. The zero-order valence-corrected chi connectivity index (χ0v) is 14.7. The van der Waals surface area contributed by atoms with E-state index in [9.17, 15) is 0 Å². The van der Waals surface area contributed by atoms with E-state index in [1.54, 1.807) is 0 Å². The van der Waals surface area contributed by atoms with Crippen molar-refractivity contribution in [1.82, 2.24) is 0 Å². The van der Waals surface area contributed by atoms with Crippen molar-refractivity contribution in [2.45, 2.75) is 13.3 Å². The largest absolute Gasteiger partial charge is 0.231 e. The smallest absolute Gasteiger partial charge is 0.222 e. The number of aryl methyl sites for hydroxylation is 1. The van der Waals surface area contributed by atoms with Gasteiger partial charge in [-0.25, -0.2) is 20.4 Å². The molecule has 26 heavy (non-hydrogen) atoms. The SMILES string of the molecule is Cc1ccccc1.N=C=O.N=C=O.c1ccc(Cc2ccccc2)cc1. The first-order valence-corrected chi connectivity index (χ1v) is 7.85. The molecule has 0 heterocycles. The van der Waals surface area contributed by atoms with Crippen LogP contribution in [0.25, 0.3) is 0 Å². The third-order valence-corrected chi connectivity index (χ3v) is 3.03. The number of hydrogen-bond donors (Lipinski definition) is 2. The maximum Gasteiger partial charge on any atom is 0.231 e. The highest BCUT2D eigenvalue weighted by molar-refractivity contribution is 5.26. The van der Waals surface area contributed by atoms with Gasteiger partial charge in [-0.3, -0.25) is 0 Å². The molecule has 3 aromatic rings. The molecule has 0 bridgehead atoms. The van der Waals surface area contributed by atoms with Gasteiger partial charge in [-0.05, 0) is 24.5 Å². The molecule has 0 fully saturated rings. The molecule has 0 atom stereocenters. The molecule has 3 rings (SSSR count). The van der Waals surface area contributed by atoms with Crippen LogP contribution < -0.4 is 0 Å². The van der Waals surface area contributed by atoms with Gasteiger partial charge in [0.15, 0.2) is 0 Å². The number of hydrogen-bond acceptors (Lipinski definition) is 4. The number of benzene rings is 3. The van der Waals surface area contributed by atoms with Crippen LogP contribution in [0, 0.1) is 17.7 Å². The molecular weight excluding hydrogens is 324 g/mol. The first-order chi connectivity index (χ1) is 12.7. The van der Waals surface area contributed by atoms with Crippen molar-refractivity contribution in [1.29, 1.82) is 10.8 Å². The van der Waals surface area contributed by atoms with Crippen molar-refractivity contribution in [3.8, 4) is 0 Å². The minimum Gasteiger partial charge on any atom is -0.222 e. The average molecular weight is 346 g/mol. The Morgan fingerprint density at radius 2 is 0.885 bits per heavy atom. The Kier molecular flexibility index (Phi) is 14.0. The Hall–Kier alpha value is -3.58. The van der Waals surface area contributed by atoms with E-state index >= 15 is 0 Å². The van der Waals surface area contributed by atoms with Crippen molar-refractivity contribution >= 4 is 12.2 Å². The summed E-state index contributed by atoms with van der Waals surface area (Å²) in [5.41, 5.74) is 4.06. The molecule has 3 aromatic carbocycles. The van der Waals surface area contributed by atoms with Crippen LogP contribution in [0.3, 0.4) is 0 Å². The summed E-state index contributed by atoms with van der Waals surface area (Å²) in [6.07, 6.45) is 2.53. The maximum absolute atomic E-state index is 8.35. The Labute approximate surface area is 154 Å². The summed E-state index contributed by atoms with van der Waals surface area (Å²) in [6, 6.07) is 31.3. The van der Waals surface area contributed by atoms with Gasteiger partial charge in [0.05, 0.1) is 0 Å². The summed E-state index contributed by atoms with van der Waals surface area (Å²) in [5.74, 6) is 0. The molecule has 0 spiro atoms. The Bertz CT molecular complexity index is 712. The van der Waals surface area contributed by atoms with Gasteiger partial charge in [0.25, 0.3) is 0 Å². The van der Waals surface area contributed by atoms with Gasteiger partial charge >= 0.3 is 0 Å². The third-order valence-electron chi connectivity index (χ3n) is 3.03. The average Bonchev–Trinajstić information content (AvgIpc) is 2.66. The molecule has 2 N–H and O–H groups in total.